The van der Waals surface area contributed by atoms with Gasteiger partial charge in [0.1, 0.15) is 11.6 Å². The molecule has 3 amide bonds. The zero-order valence-corrected chi connectivity index (χ0v) is 19.7. The molecule has 1 aromatic heterocycles. The Labute approximate surface area is 201 Å². The molecule has 0 bridgehead atoms. The predicted molar refractivity (Wildman–Crippen MR) is 128 cm³/mol. The molecule has 0 radical (unpaired) electrons. The summed E-state index contributed by atoms with van der Waals surface area (Å²) in [6, 6.07) is 9.74. The summed E-state index contributed by atoms with van der Waals surface area (Å²) in [5.41, 5.74) is 0.675. The number of carbonyl (C=O) groups is 3. The van der Waals surface area contributed by atoms with Crippen molar-refractivity contribution in [3.8, 4) is 11.5 Å². The van der Waals surface area contributed by atoms with E-state index in [1.807, 2.05) is 13.8 Å². The third-order valence-electron chi connectivity index (χ3n) is 4.81. The van der Waals surface area contributed by atoms with Crippen LogP contribution in [0.5, 0.6) is 11.5 Å². The van der Waals surface area contributed by atoms with E-state index in [1.165, 1.54) is 49.8 Å². The zero-order chi connectivity index (χ0) is 25.5. The Morgan fingerprint density at radius 2 is 1.77 bits per heavy atom. The van der Waals surface area contributed by atoms with E-state index in [2.05, 4.69) is 16.0 Å². The molecule has 0 saturated heterocycles. The highest BCUT2D eigenvalue weighted by Gasteiger charge is 2.16. The molecule has 2 aromatic carbocycles. The number of hydrogen-bond donors (Lipinski definition) is 3. The molecule has 0 unspecified atom stereocenters. The van der Waals surface area contributed by atoms with Crippen LogP contribution < -0.4 is 25.4 Å². The minimum Gasteiger partial charge on any atom is -0.493 e. The first-order valence-corrected chi connectivity index (χ1v) is 10.7. The van der Waals surface area contributed by atoms with Gasteiger partial charge in [0, 0.05) is 17.3 Å². The molecule has 0 fully saturated rings. The lowest BCUT2D eigenvalue weighted by Gasteiger charge is -2.14. The standard InChI is InChI=1S/C25H26FN3O6/c1-14(2)27-23(30)13-35-21-8-5-16(11-22(21)33-4)24(31)28-17-6-7-19(26)20(12-17)29-25(32)18-9-10-34-15(18)3/h5-12,14H,13H2,1-4H3,(H,27,30)(H,28,31)(H,29,32). The van der Waals surface area contributed by atoms with Gasteiger partial charge in [-0.2, -0.15) is 0 Å². The minimum atomic E-state index is -0.665. The van der Waals surface area contributed by atoms with Crippen molar-refractivity contribution >= 4 is 29.1 Å². The third-order valence-corrected chi connectivity index (χ3v) is 4.81. The van der Waals surface area contributed by atoms with Crippen molar-refractivity contribution in [3.63, 3.8) is 0 Å². The largest absolute Gasteiger partial charge is 0.493 e. The van der Waals surface area contributed by atoms with Crippen molar-refractivity contribution in [2.75, 3.05) is 24.4 Å². The average Bonchev–Trinajstić information content (AvgIpc) is 3.25. The number of amides is 3. The molecule has 9 nitrogen and oxygen atoms in total. The Morgan fingerprint density at radius 3 is 2.43 bits per heavy atom. The number of anilines is 2. The predicted octanol–water partition coefficient (Wildman–Crippen LogP) is 4.14. The number of aryl methyl sites for hydroxylation is 1. The van der Waals surface area contributed by atoms with Crippen molar-refractivity contribution in [1.82, 2.24) is 5.32 Å². The van der Waals surface area contributed by atoms with E-state index < -0.39 is 17.6 Å². The zero-order valence-electron chi connectivity index (χ0n) is 19.7. The summed E-state index contributed by atoms with van der Waals surface area (Å²) < 4.78 is 30.1. The van der Waals surface area contributed by atoms with Crippen LogP contribution in [0.15, 0.2) is 53.1 Å². The molecule has 184 valence electrons. The molecule has 1 heterocycles. The lowest BCUT2D eigenvalue weighted by atomic mass is 10.1. The number of furan rings is 1. The number of halogens is 1. The fraction of sp³-hybridized carbons (Fsp3) is 0.240. The molecule has 0 aliphatic carbocycles. The maximum Gasteiger partial charge on any atom is 0.259 e. The Kier molecular flexibility index (Phi) is 8.08. The molecule has 3 rings (SSSR count). The van der Waals surface area contributed by atoms with Crippen molar-refractivity contribution in [2.24, 2.45) is 0 Å². The molecule has 0 atom stereocenters. The van der Waals surface area contributed by atoms with Crippen molar-refractivity contribution in [1.29, 1.82) is 0 Å². The van der Waals surface area contributed by atoms with Crippen LogP contribution in [0.2, 0.25) is 0 Å². The molecule has 0 saturated carbocycles. The van der Waals surface area contributed by atoms with Gasteiger partial charge < -0.3 is 29.8 Å². The van der Waals surface area contributed by atoms with Crippen LogP contribution >= 0.6 is 0 Å². The molecule has 0 aliphatic heterocycles. The molecule has 0 spiro atoms. The SMILES string of the molecule is COc1cc(C(=O)Nc2ccc(F)c(NC(=O)c3ccoc3C)c2)ccc1OCC(=O)NC(C)C. The topological polar surface area (TPSA) is 119 Å². The summed E-state index contributed by atoms with van der Waals surface area (Å²) in [5, 5.41) is 7.84. The first-order chi connectivity index (χ1) is 16.7. The summed E-state index contributed by atoms with van der Waals surface area (Å²) in [6.07, 6.45) is 1.36. The second-order valence-corrected chi connectivity index (χ2v) is 7.87. The van der Waals surface area contributed by atoms with Crippen LogP contribution in [-0.2, 0) is 4.79 Å². The maximum atomic E-state index is 14.3. The van der Waals surface area contributed by atoms with Crippen LogP contribution in [0.4, 0.5) is 15.8 Å². The van der Waals surface area contributed by atoms with Gasteiger partial charge >= 0.3 is 0 Å². The first-order valence-electron chi connectivity index (χ1n) is 10.7. The highest BCUT2D eigenvalue weighted by molar-refractivity contribution is 6.07. The second-order valence-electron chi connectivity index (χ2n) is 7.87. The van der Waals surface area contributed by atoms with Crippen molar-refractivity contribution in [3.05, 3.63) is 71.4 Å². The molecule has 0 aliphatic rings. The molecular formula is C25H26FN3O6. The average molecular weight is 483 g/mol. The molecule has 10 heteroatoms. The van der Waals surface area contributed by atoms with Crippen LogP contribution in [0.1, 0.15) is 40.3 Å². The third kappa shape index (κ3) is 6.59. The number of rotatable bonds is 9. The van der Waals surface area contributed by atoms with Gasteiger partial charge in [0.15, 0.2) is 18.1 Å². The summed E-state index contributed by atoms with van der Waals surface area (Å²) in [5.74, 6) is -1.03. The van der Waals surface area contributed by atoms with E-state index in [1.54, 1.807) is 6.92 Å². The van der Waals surface area contributed by atoms with Crippen LogP contribution in [0.3, 0.4) is 0 Å². The van der Waals surface area contributed by atoms with Crippen LogP contribution in [0.25, 0.3) is 0 Å². The minimum absolute atomic E-state index is 0.0193. The summed E-state index contributed by atoms with van der Waals surface area (Å²) in [4.78, 5) is 37.0. The first kappa shape index (κ1) is 25.3. The van der Waals surface area contributed by atoms with Gasteiger partial charge in [0.2, 0.25) is 0 Å². The number of benzene rings is 2. The van der Waals surface area contributed by atoms with E-state index in [9.17, 15) is 18.8 Å². The normalized spacial score (nSPS) is 10.6. The van der Waals surface area contributed by atoms with Gasteiger partial charge in [-0.1, -0.05) is 0 Å². The number of nitrogens with one attached hydrogen (secondary N) is 3. The van der Waals surface area contributed by atoms with Gasteiger partial charge in [-0.15, -0.1) is 0 Å². The number of methoxy groups -OCH3 is 1. The monoisotopic (exact) mass is 483 g/mol. The number of ether oxygens (including phenoxy) is 2. The van der Waals surface area contributed by atoms with Gasteiger partial charge in [-0.3, -0.25) is 14.4 Å². The van der Waals surface area contributed by atoms with E-state index >= 15 is 0 Å². The Balaban J connectivity index is 1.70. The lowest BCUT2D eigenvalue weighted by Crippen LogP contribution is -2.34. The maximum absolute atomic E-state index is 14.3. The van der Waals surface area contributed by atoms with E-state index in [0.717, 1.165) is 6.07 Å². The summed E-state index contributed by atoms with van der Waals surface area (Å²) in [6.45, 7) is 5.09. The smallest absolute Gasteiger partial charge is 0.259 e. The van der Waals surface area contributed by atoms with Crippen molar-refractivity contribution < 1.29 is 32.7 Å². The van der Waals surface area contributed by atoms with E-state index in [0.29, 0.717) is 11.5 Å². The van der Waals surface area contributed by atoms with Crippen molar-refractivity contribution in [2.45, 2.75) is 26.8 Å². The highest BCUT2D eigenvalue weighted by atomic mass is 19.1. The van der Waals surface area contributed by atoms with Gasteiger partial charge in [-0.25, -0.2) is 4.39 Å². The Hall–Kier alpha value is -4.34. The van der Waals surface area contributed by atoms with E-state index in [-0.39, 0.29) is 46.8 Å². The van der Waals surface area contributed by atoms with Crippen LogP contribution in [0, 0.1) is 12.7 Å². The second kappa shape index (κ2) is 11.2. The Morgan fingerprint density at radius 1 is 1.00 bits per heavy atom. The van der Waals surface area contributed by atoms with E-state index in [4.69, 9.17) is 13.9 Å². The number of hydrogen-bond acceptors (Lipinski definition) is 6. The quantitative estimate of drug-likeness (QED) is 0.421. The number of carbonyl (C=O) groups excluding carboxylic acids is 3. The van der Waals surface area contributed by atoms with Gasteiger partial charge in [-0.05, 0) is 63.2 Å². The van der Waals surface area contributed by atoms with Gasteiger partial charge in [0.25, 0.3) is 17.7 Å². The highest BCUT2D eigenvalue weighted by Crippen LogP contribution is 2.29. The lowest BCUT2D eigenvalue weighted by molar-refractivity contribution is -0.123. The molecular weight excluding hydrogens is 457 g/mol. The Bertz CT molecular complexity index is 1240. The van der Waals surface area contributed by atoms with Crippen LogP contribution in [-0.4, -0.2) is 37.5 Å². The molecule has 3 aromatic rings. The summed E-state index contributed by atoms with van der Waals surface area (Å²) in [7, 11) is 1.41. The molecule has 35 heavy (non-hydrogen) atoms. The van der Waals surface area contributed by atoms with Gasteiger partial charge in [0.05, 0.1) is 24.6 Å². The fourth-order valence-electron chi connectivity index (χ4n) is 3.15. The molecule has 3 N–H and O–H groups in total. The fourth-order valence-corrected chi connectivity index (χ4v) is 3.15. The summed E-state index contributed by atoms with van der Waals surface area (Å²) >= 11 is 0.